The van der Waals surface area contributed by atoms with Gasteiger partial charge in [-0.25, -0.2) is 4.98 Å². The number of hydrogen-bond acceptors (Lipinski definition) is 5. The number of anilines is 1. The predicted molar refractivity (Wildman–Crippen MR) is 70.8 cm³/mol. The maximum atomic E-state index is 9.00. The Balaban J connectivity index is 2.34. The van der Waals surface area contributed by atoms with E-state index in [1.165, 1.54) is 0 Å². The summed E-state index contributed by atoms with van der Waals surface area (Å²) in [7, 11) is 1.96. The average Bonchev–Trinajstić information content (AvgIpc) is 2.87. The molecule has 0 unspecified atom stereocenters. The molecule has 0 aliphatic rings. The molecule has 2 aromatic heterocycles. The van der Waals surface area contributed by atoms with E-state index in [1.54, 1.807) is 11.3 Å². The number of aromatic nitrogens is 2. The molecule has 94 valence electrons. The Morgan fingerprint density at radius 2 is 2.41 bits per heavy atom. The summed E-state index contributed by atoms with van der Waals surface area (Å²) in [6.45, 7) is 4.55. The van der Waals surface area contributed by atoms with Crippen molar-refractivity contribution in [2.45, 2.75) is 13.5 Å². The fourth-order valence-corrected chi connectivity index (χ4v) is 2.52. The maximum Gasteiger partial charge on any atom is 0.195 e. The minimum absolute atomic E-state index is 0.141. The van der Waals surface area contributed by atoms with Crippen LogP contribution in [0.3, 0.4) is 0 Å². The summed E-state index contributed by atoms with van der Waals surface area (Å²) in [5, 5.41) is 14.4. The highest BCUT2D eigenvalue weighted by molar-refractivity contribution is 7.15. The molecule has 2 aromatic rings. The molecule has 0 atom stereocenters. The Kier molecular flexibility index (Phi) is 3.98. The van der Waals surface area contributed by atoms with E-state index >= 15 is 0 Å². The van der Waals surface area contributed by atoms with Gasteiger partial charge in [0.25, 0.3) is 0 Å². The van der Waals surface area contributed by atoms with Gasteiger partial charge in [-0.2, -0.15) is 0 Å². The Labute approximate surface area is 105 Å². The molecule has 0 fully saturated rings. The normalized spacial score (nSPS) is 11.2. The zero-order valence-electron chi connectivity index (χ0n) is 10.2. The van der Waals surface area contributed by atoms with Gasteiger partial charge in [-0.15, -0.1) is 11.3 Å². The number of nitrogens with zero attached hydrogens (tertiary/aromatic N) is 3. The Morgan fingerprint density at radius 1 is 1.59 bits per heavy atom. The molecule has 0 aliphatic heterocycles. The van der Waals surface area contributed by atoms with Crippen molar-refractivity contribution in [1.29, 1.82) is 0 Å². The van der Waals surface area contributed by atoms with Crippen molar-refractivity contribution in [3.05, 3.63) is 17.3 Å². The van der Waals surface area contributed by atoms with E-state index in [0.717, 1.165) is 29.6 Å². The number of hydrogen-bond donors (Lipinski definition) is 2. The topological polar surface area (TPSA) is 52.8 Å². The van der Waals surface area contributed by atoms with E-state index in [4.69, 9.17) is 5.11 Å². The van der Waals surface area contributed by atoms with Crippen LogP contribution in [0.1, 0.15) is 12.6 Å². The molecule has 0 bridgehead atoms. The van der Waals surface area contributed by atoms with Crippen molar-refractivity contribution in [2.24, 2.45) is 0 Å². The summed E-state index contributed by atoms with van der Waals surface area (Å²) in [5.41, 5.74) is 1.15. The van der Waals surface area contributed by atoms with Gasteiger partial charge >= 0.3 is 0 Å². The summed E-state index contributed by atoms with van der Waals surface area (Å²) >= 11 is 1.63. The summed E-state index contributed by atoms with van der Waals surface area (Å²) in [6.07, 6.45) is 2.04. The molecule has 5 nitrogen and oxygen atoms in total. The van der Waals surface area contributed by atoms with Crippen molar-refractivity contribution < 1.29 is 5.11 Å². The van der Waals surface area contributed by atoms with Gasteiger partial charge < -0.3 is 15.3 Å². The lowest BCUT2D eigenvalue weighted by atomic mass is 10.4. The quantitative estimate of drug-likeness (QED) is 0.805. The highest BCUT2D eigenvalue weighted by atomic mass is 32.1. The van der Waals surface area contributed by atoms with Gasteiger partial charge in [-0.3, -0.25) is 4.40 Å². The second-order valence-electron chi connectivity index (χ2n) is 3.86. The van der Waals surface area contributed by atoms with Crippen molar-refractivity contribution in [1.82, 2.24) is 14.7 Å². The minimum atomic E-state index is 0.141. The van der Waals surface area contributed by atoms with Crippen molar-refractivity contribution in [3.8, 4) is 0 Å². The monoisotopic (exact) mass is 254 g/mol. The first-order valence-electron chi connectivity index (χ1n) is 5.75. The van der Waals surface area contributed by atoms with Crippen LogP contribution in [-0.4, -0.2) is 41.2 Å². The van der Waals surface area contributed by atoms with Gasteiger partial charge in [-0.05, 0) is 6.54 Å². The second kappa shape index (κ2) is 5.48. The van der Waals surface area contributed by atoms with Crippen molar-refractivity contribution in [3.63, 3.8) is 0 Å². The van der Waals surface area contributed by atoms with Crippen LogP contribution in [-0.2, 0) is 6.54 Å². The number of likely N-dealkylation sites (N-methyl/N-ethyl adjacent to an activating group) is 1. The molecular weight excluding hydrogens is 236 g/mol. The fraction of sp³-hybridized carbons (Fsp3) is 0.545. The van der Waals surface area contributed by atoms with E-state index in [9.17, 15) is 0 Å². The highest BCUT2D eigenvalue weighted by Crippen LogP contribution is 2.23. The van der Waals surface area contributed by atoms with Crippen LogP contribution in [0.2, 0.25) is 0 Å². The van der Waals surface area contributed by atoms with Gasteiger partial charge in [0.2, 0.25) is 0 Å². The lowest BCUT2D eigenvalue weighted by Gasteiger charge is -2.17. The molecule has 0 spiro atoms. The van der Waals surface area contributed by atoms with Gasteiger partial charge in [-0.1, -0.05) is 6.92 Å². The second-order valence-corrected chi connectivity index (χ2v) is 4.74. The third kappa shape index (κ3) is 2.43. The maximum absolute atomic E-state index is 9.00. The first-order valence-corrected chi connectivity index (χ1v) is 6.63. The molecule has 2 heterocycles. The van der Waals surface area contributed by atoms with Gasteiger partial charge in [0.1, 0.15) is 0 Å². The lowest BCUT2D eigenvalue weighted by Crippen LogP contribution is -2.24. The minimum Gasteiger partial charge on any atom is -0.395 e. The number of imidazole rings is 1. The van der Waals surface area contributed by atoms with Gasteiger partial charge in [0.05, 0.1) is 12.3 Å². The fourth-order valence-electron chi connectivity index (χ4n) is 1.79. The van der Waals surface area contributed by atoms with Crippen LogP contribution in [0.25, 0.3) is 4.96 Å². The third-order valence-corrected chi connectivity index (χ3v) is 3.44. The molecule has 17 heavy (non-hydrogen) atoms. The molecule has 0 amide bonds. The molecule has 0 saturated heterocycles. The van der Waals surface area contributed by atoms with Gasteiger partial charge in [0, 0.05) is 31.7 Å². The molecule has 0 aromatic carbocycles. The van der Waals surface area contributed by atoms with E-state index in [-0.39, 0.29) is 6.61 Å². The summed E-state index contributed by atoms with van der Waals surface area (Å²) in [5.74, 6) is 0.951. The standard InChI is InChI=1S/C11H18N4OS/c1-3-12-8-9-10(14(2)4-6-16)13-11-15(9)5-7-17-11/h5,7,12,16H,3-4,6,8H2,1-2H3. The SMILES string of the molecule is CCNCc1c(N(C)CCO)nc2sccn12. The molecule has 2 N–H and O–H groups in total. The van der Waals surface area contributed by atoms with Crippen LogP contribution in [0, 0.1) is 0 Å². The first kappa shape index (κ1) is 12.3. The molecular formula is C11H18N4OS. The van der Waals surface area contributed by atoms with E-state index in [2.05, 4.69) is 21.6 Å². The first-order chi connectivity index (χ1) is 8.27. The summed E-state index contributed by atoms with van der Waals surface area (Å²) < 4.78 is 2.11. The third-order valence-electron chi connectivity index (χ3n) is 2.68. The molecule has 6 heteroatoms. The van der Waals surface area contributed by atoms with Crippen LogP contribution in [0.5, 0.6) is 0 Å². The van der Waals surface area contributed by atoms with E-state index in [0.29, 0.717) is 6.54 Å². The van der Waals surface area contributed by atoms with Crippen molar-refractivity contribution in [2.75, 3.05) is 31.6 Å². The van der Waals surface area contributed by atoms with E-state index < -0.39 is 0 Å². The Hall–Kier alpha value is -1.11. The van der Waals surface area contributed by atoms with E-state index in [1.807, 2.05) is 23.5 Å². The van der Waals surface area contributed by atoms with Gasteiger partial charge in [0.15, 0.2) is 10.8 Å². The van der Waals surface area contributed by atoms with Crippen LogP contribution < -0.4 is 10.2 Å². The number of aliphatic hydroxyl groups excluding tert-OH is 1. The average molecular weight is 254 g/mol. The lowest BCUT2D eigenvalue weighted by molar-refractivity contribution is 0.304. The smallest absolute Gasteiger partial charge is 0.195 e. The molecule has 0 radical (unpaired) electrons. The Morgan fingerprint density at radius 3 is 3.12 bits per heavy atom. The number of fused-ring (bicyclic) bond motifs is 1. The van der Waals surface area contributed by atoms with Crippen molar-refractivity contribution >= 4 is 22.1 Å². The predicted octanol–water partition coefficient (Wildman–Crippen LogP) is 0.934. The number of aliphatic hydroxyl groups is 1. The largest absolute Gasteiger partial charge is 0.395 e. The molecule has 2 rings (SSSR count). The Bertz CT molecular complexity index is 479. The summed E-state index contributed by atoms with van der Waals surface area (Å²) in [4.78, 5) is 7.59. The van der Waals surface area contributed by atoms with Crippen LogP contribution >= 0.6 is 11.3 Å². The van der Waals surface area contributed by atoms with Crippen LogP contribution in [0.15, 0.2) is 11.6 Å². The summed E-state index contributed by atoms with van der Waals surface area (Å²) in [6, 6.07) is 0. The zero-order chi connectivity index (χ0) is 12.3. The molecule has 0 aliphatic carbocycles. The zero-order valence-corrected chi connectivity index (χ0v) is 11.0. The highest BCUT2D eigenvalue weighted by Gasteiger charge is 2.15. The number of rotatable bonds is 6. The van der Waals surface area contributed by atoms with Crippen LogP contribution in [0.4, 0.5) is 5.82 Å². The molecule has 0 saturated carbocycles. The number of nitrogens with one attached hydrogen (secondary N) is 1. The number of thiazole rings is 1.